The highest BCUT2D eigenvalue weighted by Crippen LogP contribution is 2.35. The Morgan fingerprint density at radius 2 is 1.84 bits per heavy atom. The molecule has 6 nitrogen and oxygen atoms in total. The van der Waals surface area contributed by atoms with E-state index in [0.29, 0.717) is 18.4 Å². The molecule has 31 heavy (non-hydrogen) atoms. The highest BCUT2D eigenvalue weighted by molar-refractivity contribution is 5.98. The molecule has 0 unspecified atom stereocenters. The maximum atomic E-state index is 13.9. The third kappa shape index (κ3) is 6.33. The van der Waals surface area contributed by atoms with Crippen molar-refractivity contribution in [2.45, 2.75) is 6.18 Å². The minimum absolute atomic E-state index is 0.0793. The molecular weight excluding hydrogens is 420 g/mol. The second-order valence-electron chi connectivity index (χ2n) is 5.94. The van der Waals surface area contributed by atoms with Crippen LogP contribution in [0.2, 0.25) is 0 Å². The predicted molar refractivity (Wildman–Crippen MR) is 104 cm³/mol. The van der Waals surface area contributed by atoms with Gasteiger partial charge < -0.3 is 20.1 Å². The third-order valence-corrected chi connectivity index (χ3v) is 3.84. The summed E-state index contributed by atoms with van der Waals surface area (Å²) in [5.74, 6) is -2.34. The number of methoxy groups -OCH3 is 1. The summed E-state index contributed by atoms with van der Waals surface area (Å²) in [4.78, 5) is 23.4. The van der Waals surface area contributed by atoms with Gasteiger partial charge in [0.15, 0.2) is 11.6 Å². The Morgan fingerprint density at radius 1 is 1.10 bits per heavy atom. The molecule has 10 heteroatoms. The number of allylic oxidation sites excluding steroid dienone is 2. The number of hydrogen-bond donors (Lipinski definition) is 2. The number of benzene rings is 2. The van der Waals surface area contributed by atoms with E-state index in [-0.39, 0.29) is 22.8 Å². The molecule has 0 radical (unpaired) electrons. The summed E-state index contributed by atoms with van der Waals surface area (Å²) >= 11 is 0. The van der Waals surface area contributed by atoms with E-state index in [1.165, 1.54) is 31.5 Å². The van der Waals surface area contributed by atoms with E-state index in [4.69, 9.17) is 9.47 Å². The smallest absolute Gasteiger partial charge is 0.416 e. The van der Waals surface area contributed by atoms with Crippen LogP contribution in [-0.2, 0) is 11.0 Å². The highest BCUT2D eigenvalue weighted by Gasteiger charge is 2.32. The first-order chi connectivity index (χ1) is 14.7. The van der Waals surface area contributed by atoms with Crippen molar-refractivity contribution in [1.29, 1.82) is 0 Å². The Labute approximate surface area is 175 Å². The van der Waals surface area contributed by atoms with Crippen LogP contribution in [0.3, 0.4) is 0 Å². The van der Waals surface area contributed by atoms with Gasteiger partial charge in [-0.25, -0.2) is 4.39 Å². The molecule has 1 amide bonds. The topological polar surface area (TPSA) is 76.7 Å². The average Bonchev–Trinajstić information content (AvgIpc) is 2.71. The molecule has 0 atom stereocenters. The van der Waals surface area contributed by atoms with Crippen LogP contribution in [0.5, 0.6) is 17.2 Å². The third-order valence-electron chi connectivity index (χ3n) is 3.84. The van der Waals surface area contributed by atoms with Gasteiger partial charge >= 0.3 is 6.18 Å². The molecule has 0 bridgehead atoms. The molecule has 2 aromatic rings. The number of rotatable bonds is 8. The molecule has 0 saturated heterocycles. The van der Waals surface area contributed by atoms with Gasteiger partial charge in [0.25, 0.3) is 5.91 Å². The van der Waals surface area contributed by atoms with E-state index in [0.717, 1.165) is 18.2 Å². The Morgan fingerprint density at radius 3 is 2.42 bits per heavy atom. The molecule has 164 valence electrons. The van der Waals surface area contributed by atoms with Gasteiger partial charge in [0.2, 0.25) is 0 Å². The fraction of sp³-hybridized carbons (Fsp3) is 0.143. The maximum Gasteiger partial charge on any atom is 0.416 e. The molecule has 0 heterocycles. The van der Waals surface area contributed by atoms with Crippen LogP contribution < -0.4 is 20.1 Å². The molecule has 0 aliphatic heterocycles. The minimum atomic E-state index is -4.70. The van der Waals surface area contributed by atoms with E-state index >= 15 is 0 Å². The lowest BCUT2D eigenvalue weighted by Gasteiger charge is -2.15. The lowest BCUT2D eigenvalue weighted by Crippen LogP contribution is -2.23. The molecule has 2 aromatic carbocycles. The average molecular weight is 438 g/mol. The number of halogens is 4. The first-order valence-electron chi connectivity index (χ1n) is 8.73. The quantitative estimate of drug-likeness (QED) is 0.280. The molecule has 0 spiro atoms. The summed E-state index contributed by atoms with van der Waals surface area (Å²) in [6, 6.07) is 5.68. The Kier molecular flexibility index (Phi) is 7.78. The van der Waals surface area contributed by atoms with Crippen molar-refractivity contribution >= 4 is 12.2 Å². The summed E-state index contributed by atoms with van der Waals surface area (Å²) in [6.45, 7) is 0. The molecule has 2 rings (SSSR count). The molecule has 0 aromatic heterocycles. The zero-order valence-electron chi connectivity index (χ0n) is 16.4. The maximum absolute atomic E-state index is 13.9. The van der Waals surface area contributed by atoms with Crippen LogP contribution in [0.15, 0.2) is 60.4 Å². The zero-order chi connectivity index (χ0) is 23.0. The van der Waals surface area contributed by atoms with Gasteiger partial charge in [0.05, 0.1) is 18.2 Å². The van der Waals surface area contributed by atoms with Gasteiger partial charge in [0.1, 0.15) is 17.8 Å². The Balaban J connectivity index is 2.45. The van der Waals surface area contributed by atoms with E-state index in [2.05, 4.69) is 10.6 Å². The molecular formula is C21H18F4N2O4. The molecule has 0 saturated carbocycles. The lowest BCUT2D eigenvalue weighted by atomic mass is 10.1. The number of ether oxygens (including phenoxy) is 2. The van der Waals surface area contributed by atoms with Crippen LogP contribution in [-0.4, -0.2) is 26.4 Å². The molecule has 2 N–H and O–H groups in total. The van der Waals surface area contributed by atoms with Gasteiger partial charge in [-0.1, -0.05) is 0 Å². The fourth-order valence-corrected chi connectivity index (χ4v) is 2.39. The monoisotopic (exact) mass is 438 g/mol. The summed E-state index contributed by atoms with van der Waals surface area (Å²) in [7, 11) is 2.84. The number of aldehydes is 1. The summed E-state index contributed by atoms with van der Waals surface area (Å²) < 4.78 is 63.6. The number of nitrogens with one attached hydrogen (secondary N) is 2. The number of hydrogen-bond acceptors (Lipinski definition) is 5. The standard InChI is InChI=1S/C21H18F4N2O4/c1-26-9-7-14(8-10-28)27-20(29)16-5-3-13(21(23,24)25)11-19(16)31-15-4-6-18(30-2)17(22)12-15/h3-12,26H,1-2H3,(H,27,29)/b9-7-,14-8+. The summed E-state index contributed by atoms with van der Waals surface area (Å²) in [5.41, 5.74) is -1.25. The number of carbonyl (C=O) groups excluding carboxylic acids is 2. The largest absolute Gasteiger partial charge is 0.494 e. The highest BCUT2D eigenvalue weighted by atomic mass is 19.4. The van der Waals surface area contributed by atoms with E-state index in [9.17, 15) is 27.2 Å². The number of carbonyl (C=O) groups is 2. The van der Waals surface area contributed by atoms with Gasteiger partial charge in [-0.15, -0.1) is 0 Å². The molecule has 0 aliphatic carbocycles. The fourth-order valence-electron chi connectivity index (χ4n) is 2.39. The van der Waals surface area contributed by atoms with Gasteiger partial charge in [-0.3, -0.25) is 9.59 Å². The van der Waals surface area contributed by atoms with Gasteiger partial charge in [-0.2, -0.15) is 13.2 Å². The lowest BCUT2D eigenvalue weighted by molar-refractivity contribution is -0.137. The SMILES string of the molecule is CN/C=C\C(=C/C=O)NC(=O)c1ccc(C(F)(F)F)cc1Oc1ccc(OC)c(F)c1. The first-order valence-corrected chi connectivity index (χ1v) is 8.73. The van der Waals surface area contributed by atoms with Crippen molar-refractivity contribution in [2.75, 3.05) is 14.2 Å². The summed E-state index contributed by atoms with van der Waals surface area (Å²) in [6.07, 6.45) is -0.416. The number of amides is 1. The van der Waals surface area contributed by atoms with Crippen molar-refractivity contribution in [3.8, 4) is 17.2 Å². The van der Waals surface area contributed by atoms with Crippen LogP contribution >= 0.6 is 0 Å². The van der Waals surface area contributed by atoms with Crippen LogP contribution in [0.4, 0.5) is 17.6 Å². The normalized spacial score (nSPS) is 11.9. The van der Waals surface area contributed by atoms with Crippen LogP contribution in [0, 0.1) is 5.82 Å². The van der Waals surface area contributed by atoms with E-state index in [1.54, 1.807) is 7.05 Å². The van der Waals surface area contributed by atoms with E-state index < -0.39 is 29.2 Å². The zero-order valence-corrected chi connectivity index (χ0v) is 16.4. The molecule has 0 fully saturated rings. The second-order valence-corrected chi connectivity index (χ2v) is 5.94. The Bertz CT molecular complexity index is 1020. The predicted octanol–water partition coefficient (Wildman–Crippen LogP) is 4.19. The van der Waals surface area contributed by atoms with Crippen molar-refractivity contribution in [3.63, 3.8) is 0 Å². The molecule has 0 aliphatic rings. The van der Waals surface area contributed by atoms with Crippen molar-refractivity contribution in [1.82, 2.24) is 10.6 Å². The van der Waals surface area contributed by atoms with Gasteiger partial charge in [-0.05, 0) is 42.6 Å². The number of alkyl halides is 3. The van der Waals surface area contributed by atoms with Crippen molar-refractivity contribution in [2.24, 2.45) is 0 Å². The Hall–Kier alpha value is -3.82. The second kappa shape index (κ2) is 10.3. The van der Waals surface area contributed by atoms with Crippen molar-refractivity contribution < 1.29 is 36.6 Å². The minimum Gasteiger partial charge on any atom is -0.494 e. The van der Waals surface area contributed by atoms with Crippen molar-refractivity contribution in [3.05, 3.63) is 77.4 Å². The first kappa shape index (κ1) is 23.5. The van der Waals surface area contributed by atoms with Gasteiger partial charge in [0, 0.05) is 24.9 Å². The van der Waals surface area contributed by atoms with Crippen LogP contribution in [0.1, 0.15) is 15.9 Å². The van der Waals surface area contributed by atoms with Crippen LogP contribution in [0.25, 0.3) is 0 Å². The summed E-state index contributed by atoms with van der Waals surface area (Å²) in [5, 5.41) is 5.06. The van der Waals surface area contributed by atoms with E-state index in [1.807, 2.05) is 0 Å².